The van der Waals surface area contributed by atoms with Crippen molar-refractivity contribution in [2.45, 2.75) is 40.0 Å². The molecule has 3 rings (SSSR count). The first-order valence-electron chi connectivity index (χ1n) is 9.18. The molecule has 0 radical (unpaired) electrons. The van der Waals surface area contributed by atoms with E-state index in [9.17, 15) is 14.4 Å². The third-order valence-electron chi connectivity index (χ3n) is 6.43. The molecule has 8 heteroatoms. The molecular weight excluding hydrogens is 364 g/mol. The number of nitrogens with one attached hydrogen (secondary N) is 3. The monoisotopic (exact) mass is 390 g/mol. The molecule has 27 heavy (non-hydrogen) atoms. The van der Waals surface area contributed by atoms with Gasteiger partial charge in [-0.3, -0.25) is 14.4 Å². The van der Waals surface area contributed by atoms with E-state index < -0.39 is 5.91 Å². The fourth-order valence-electron chi connectivity index (χ4n) is 4.16. The lowest BCUT2D eigenvalue weighted by Gasteiger charge is -2.34. The van der Waals surface area contributed by atoms with Crippen LogP contribution in [0.1, 0.15) is 49.7 Å². The molecule has 0 spiro atoms. The van der Waals surface area contributed by atoms with Gasteiger partial charge in [0.25, 0.3) is 11.8 Å². The second kappa shape index (κ2) is 7.42. The Hall–Kier alpha value is -2.22. The Bertz CT molecular complexity index is 772. The predicted octanol–water partition coefficient (Wildman–Crippen LogP) is 1.91. The summed E-state index contributed by atoms with van der Waals surface area (Å²) in [6.07, 6.45) is 3.23. The maximum absolute atomic E-state index is 12.0. The number of hydrogen-bond donors (Lipinski definition) is 3. The first-order chi connectivity index (χ1) is 12.7. The number of nitrogens with zero attached hydrogens (tertiary/aromatic N) is 1. The van der Waals surface area contributed by atoms with E-state index in [2.05, 4.69) is 41.9 Å². The van der Waals surface area contributed by atoms with E-state index in [0.29, 0.717) is 10.8 Å². The van der Waals surface area contributed by atoms with Crippen molar-refractivity contribution < 1.29 is 14.4 Å². The average Bonchev–Trinajstić information content (AvgIpc) is 3.29. The Kier molecular flexibility index (Phi) is 5.37. The van der Waals surface area contributed by atoms with Crippen molar-refractivity contribution in [2.24, 2.45) is 21.8 Å². The Labute approximate surface area is 163 Å². The molecule has 2 aliphatic carbocycles. The normalized spacial score (nSPS) is 26.8. The summed E-state index contributed by atoms with van der Waals surface area (Å²) in [6, 6.07) is 3.45. The summed E-state index contributed by atoms with van der Waals surface area (Å²) < 4.78 is 0. The summed E-state index contributed by atoms with van der Waals surface area (Å²) in [5, 5.41) is 11.2. The third kappa shape index (κ3) is 3.76. The summed E-state index contributed by atoms with van der Waals surface area (Å²) in [7, 11) is 0. The molecule has 1 aromatic heterocycles. The standard InChI is InChI=1S/C19H26N4O3S/c1-18(2)12-6-7-19(18,3)14(9-12)22-23-16(25)11-20-15(24)10-21-17(26)13-5-4-8-27-13/h4-5,8,12H,6-7,9-11H2,1-3H3,(H,20,24)(H,21,26)(H,23,25)/b22-14+/t12-,19-/m1/s1. The largest absolute Gasteiger partial charge is 0.345 e. The van der Waals surface area contributed by atoms with Crippen molar-refractivity contribution in [1.82, 2.24) is 16.1 Å². The molecule has 3 N–H and O–H groups in total. The van der Waals surface area contributed by atoms with Gasteiger partial charge in [0.05, 0.1) is 18.0 Å². The van der Waals surface area contributed by atoms with E-state index in [1.165, 1.54) is 17.8 Å². The zero-order chi connectivity index (χ0) is 19.7. The molecule has 0 aliphatic heterocycles. The predicted molar refractivity (Wildman–Crippen MR) is 104 cm³/mol. The van der Waals surface area contributed by atoms with Crippen LogP contribution in [0.5, 0.6) is 0 Å². The molecule has 1 aromatic rings. The fraction of sp³-hybridized carbons (Fsp3) is 0.579. The van der Waals surface area contributed by atoms with Crippen molar-refractivity contribution in [3.05, 3.63) is 22.4 Å². The lowest BCUT2D eigenvalue weighted by molar-refractivity contribution is -0.125. The van der Waals surface area contributed by atoms with Gasteiger partial charge in [-0.05, 0) is 42.0 Å². The molecular formula is C19H26N4O3S. The summed E-state index contributed by atoms with van der Waals surface area (Å²) >= 11 is 1.30. The Morgan fingerprint density at radius 3 is 2.52 bits per heavy atom. The number of carbonyl (C=O) groups is 3. The number of carbonyl (C=O) groups excluding carboxylic acids is 3. The van der Waals surface area contributed by atoms with Crippen LogP contribution in [0.3, 0.4) is 0 Å². The molecule has 2 aliphatic rings. The van der Waals surface area contributed by atoms with Crippen LogP contribution in [-0.2, 0) is 9.59 Å². The van der Waals surface area contributed by atoms with Gasteiger partial charge in [-0.15, -0.1) is 11.3 Å². The van der Waals surface area contributed by atoms with E-state index >= 15 is 0 Å². The van der Waals surface area contributed by atoms with E-state index in [-0.39, 0.29) is 35.7 Å². The summed E-state index contributed by atoms with van der Waals surface area (Å²) in [6.45, 7) is 6.43. The molecule has 146 valence electrons. The van der Waals surface area contributed by atoms with Crippen molar-refractivity contribution in [3.63, 3.8) is 0 Å². The molecule has 2 bridgehead atoms. The number of fused-ring (bicyclic) bond motifs is 2. The Balaban J connectivity index is 1.41. The topological polar surface area (TPSA) is 99.7 Å². The van der Waals surface area contributed by atoms with Crippen molar-refractivity contribution in [3.8, 4) is 0 Å². The SMILES string of the molecule is CC1(C)[C@@H]2CC[C@]1(C)/C(=N/NC(=O)CNC(=O)CNC(=O)c1cccs1)C2. The van der Waals surface area contributed by atoms with Crippen LogP contribution < -0.4 is 16.1 Å². The van der Waals surface area contributed by atoms with Gasteiger partial charge in [-0.25, -0.2) is 5.43 Å². The summed E-state index contributed by atoms with van der Waals surface area (Å²) in [4.78, 5) is 36.1. The number of hydrazone groups is 1. The molecule has 2 atom stereocenters. The first kappa shape index (κ1) is 19.5. The quantitative estimate of drug-likeness (QED) is 0.647. The van der Waals surface area contributed by atoms with Gasteiger partial charge in [0.2, 0.25) is 5.91 Å². The van der Waals surface area contributed by atoms with Crippen LogP contribution in [0.15, 0.2) is 22.6 Å². The lowest BCUT2D eigenvalue weighted by Crippen LogP contribution is -2.41. The minimum Gasteiger partial charge on any atom is -0.345 e. The second-order valence-corrected chi connectivity index (χ2v) is 8.97. The van der Waals surface area contributed by atoms with Crippen LogP contribution in [0.4, 0.5) is 0 Å². The molecule has 1 heterocycles. The van der Waals surface area contributed by atoms with Crippen LogP contribution in [-0.4, -0.2) is 36.5 Å². The smallest absolute Gasteiger partial charge is 0.261 e. The zero-order valence-corrected chi connectivity index (χ0v) is 16.7. The van der Waals surface area contributed by atoms with Crippen LogP contribution >= 0.6 is 11.3 Å². The van der Waals surface area contributed by atoms with Crippen LogP contribution in [0.25, 0.3) is 0 Å². The number of hydrogen-bond acceptors (Lipinski definition) is 5. The van der Waals surface area contributed by atoms with Gasteiger partial charge >= 0.3 is 0 Å². The first-order valence-corrected chi connectivity index (χ1v) is 10.1. The number of rotatable bonds is 6. The van der Waals surface area contributed by atoms with Crippen molar-refractivity contribution in [1.29, 1.82) is 0 Å². The Morgan fingerprint density at radius 2 is 1.93 bits per heavy atom. The summed E-state index contributed by atoms with van der Waals surface area (Å²) in [5.41, 5.74) is 3.84. The minimum atomic E-state index is -0.421. The van der Waals surface area contributed by atoms with Gasteiger partial charge in [0.15, 0.2) is 0 Å². The van der Waals surface area contributed by atoms with Gasteiger partial charge in [-0.1, -0.05) is 26.8 Å². The molecule has 2 saturated carbocycles. The zero-order valence-electron chi connectivity index (χ0n) is 15.9. The molecule has 0 saturated heterocycles. The highest BCUT2D eigenvalue weighted by molar-refractivity contribution is 7.12. The van der Waals surface area contributed by atoms with Crippen molar-refractivity contribution in [2.75, 3.05) is 13.1 Å². The van der Waals surface area contributed by atoms with E-state index in [4.69, 9.17) is 0 Å². The van der Waals surface area contributed by atoms with Gasteiger partial charge in [-0.2, -0.15) is 5.10 Å². The van der Waals surface area contributed by atoms with Crippen LogP contribution in [0, 0.1) is 16.7 Å². The molecule has 0 unspecified atom stereocenters. The van der Waals surface area contributed by atoms with Gasteiger partial charge in [0, 0.05) is 11.1 Å². The maximum Gasteiger partial charge on any atom is 0.261 e. The van der Waals surface area contributed by atoms with E-state index in [1.807, 2.05) is 0 Å². The van der Waals surface area contributed by atoms with E-state index in [1.54, 1.807) is 17.5 Å². The highest BCUT2D eigenvalue weighted by atomic mass is 32.1. The molecule has 7 nitrogen and oxygen atoms in total. The molecule has 3 amide bonds. The third-order valence-corrected chi connectivity index (χ3v) is 7.30. The minimum absolute atomic E-state index is 0.0280. The fourth-order valence-corrected chi connectivity index (χ4v) is 4.80. The maximum atomic E-state index is 12.0. The van der Waals surface area contributed by atoms with Crippen LogP contribution in [0.2, 0.25) is 0 Å². The highest BCUT2D eigenvalue weighted by Crippen LogP contribution is 2.63. The van der Waals surface area contributed by atoms with Crippen molar-refractivity contribution >= 4 is 34.8 Å². The van der Waals surface area contributed by atoms with Gasteiger partial charge < -0.3 is 10.6 Å². The molecule has 2 fully saturated rings. The summed E-state index contributed by atoms with van der Waals surface area (Å²) in [5.74, 6) is -0.478. The molecule has 0 aromatic carbocycles. The number of thiophene rings is 1. The highest BCUT2D eigenvalue weighted by Gasteiger charge is 2.59. The average molecular weight is 391 g/mol. The van der Waals surface area contributed by atoms with E-state index in [0.717, 1.165) is 18.6 Å². The second-order valence-electron chi connectivity index (χ2n) is 8.02. The number of amides is 3. The Morgan fingerprint density at radius 1 is 1.19 bits per heavy atom. The lowest BCUT2D eigenvalue weighted by atomic mass is 9.70. The van der Waals surface area contributed by atoms with Gasteiger partial charge in [0.1, 0.15) is 0 Å².